The molecule has 1 aliphatic carbocycles. The van der Waals surface area contributed by atoms with E-state index in [1.54, 1.807) is 6.07 Å². The lowest BCUT2D eigenvalue weighted by Gasteiger charge is -2.30. The first-order chi connectivity index (χ1) is 18.2. The molecule has 6 rings (SSSR count). The van der Waals surface area contributed by atoms with Gasteiger partial charge in [-0.25, -0.2) is 0 Å². The van der Waals surface area contributed by atoms with Crippen molar-refractivity contribution in [2.45, 2.75) is 50.6 Å². The summed E-state index contributed by atoms with van der Waals surface area (Å²) in [6.07, 6.45) is 7.44. The molecule has 2 atom stereocenters. The number of rotatable bonds is 6. The van der Waals surface area contributed by atoms with Crippen molar-refractivity contribution in [2.75, 3.05) is 13.1 Å². The first kappa shape index (κ1) is 23.8. The van der Waals surface area contributed by atoms with Crippen molar-refractivity contribution in [3.8, 4) is 17.0 Å². The van der Waals surface area contributed by atoms with Crippen LogP contribution in [0.3, 0.4) is 0 Å². The smallest absolute Gasteiger partial charge is 0.255 e. The highest BCUT2D eigenvalue weighted by Gasteiger charge is 2.36. The Bertz CT molecular complexity index is 1370. The van der Waals surface area contributed by atoms with E-state index in [-0.39, 0.29) is 23.7 Å². The normalized spacial score (nSPS) is 20.9. The number of carbonyl (C=O) groups is 1. The molecule has 4 aromatic rings. The molecule has 1 saturated heterocycles. The third-order valence-electron chi connectivity index (χ3n) is 8.25. The molecule has 1 aromatic heterocycles. The van der Waals surface area contributed by atoms with Crippen LogP contribution in [0.1, 0.15) is 60.6 Å². The lowest BCUT2D eigenvalue weighted by atomic mass is 9.89. The molecule has 0 spiro atoms. The quantitative estimate of drug-likeness (QED) is 0.281. The Morgan fingerprint density at radius 2 is 1.70 bits per heavy atom. The number of nitrogens with zero attached hydrogens (tertiary/aromatic N) is 1. The van der Waals surface area contributed by atoms with Crippen LogP contribution in [0.4, 0.5) is 0 Å². The van der Waals surface area contributed by atoms with E-state index in [0.29, 0.717) is 10.9 Å². The fourth-order valence-corrected chi connectivity index (χ4v) is 6.33. The van der Waals surface area contributed by atoms with E-state index in [1.165, 1.54) is 43.4 Å². The molecule has 2 heterocycles. The second-order valence-electron chi connectivity index (χ2n) is 10.8. The topological polar surface area (TPSA) is 68.4 Å². The van der Waals surface area contributed by atoms with Crippen LogP contribution in [0, 0.1) is 5.92 Å². The van der Waals surface area contributed by atoms with Crippen LogP contribution in [-0.2, 0) is 0 Å². The monoisotopic (exact) mass is 493 g/mol. The van der Waals surface area contributed by atoms with Gasteiger partial charge >= 0.3 is 0 Å². The molecule has 3 N–H and O–H groups in total. The minimum absolute atomic E-state index is 0.0236. The van der Waals surface area contributed by atoms with E-state index in [0.717, 1.165) is 36.5 Å². The second-order valence-corrected chi connectivity index (χ2v) is 10.8. The number of aromatic hydroxyl groups is 1. The van der Waals surface area contributed by atoms with Crippen molar-refractivity contribution in [3.63, 3.8) is 0 Å². The third-order valence-corrected chi connectivity index (χ3v) is 8.25. The van der Waals surface area contributed by atoms with Crippen LogP contribution in [0.15, 0.2) is 78.9 Å². The van der Waals surface area contributed by atoms with Gasteiger partial charge in [-0.2, -0.15) is 0 Å². The number of hydrogen-bond acceptors (Lipinski definition) is 3. The van der Waals surface area contributed by atoms with E-state index in [9.17, 15) is 9.90 Å². The standard InChI is InChI=1S/C32H35N3O2/c36-31-26-14-8-7-11-23(26)15-16-27(31)32(37)33-25-19-30(35(21-25)20-22-9-3-1-4-10-22)29-18-17-28(34-29)24-12-5-2-6-13-24/h2,5-8,11-18,22,25,30,34,36H,1,3-4,9-10,19-21H2,(H,33,37)/t25-,30-/m0/s1. The summed E-state index contributed by atoms with van der Waals surface area (Å²) in [7, 11) is 0. The molecule has 5 heteroatoms. The largest absolute Gasteiger partial charge is 0.506 e. The van der Waals surface area contributed by atoms with Gasteiger partial charge in [0.15, 0.2) is 0 Å². The summed E-state index contributed by atoms with van der Waals surface area (Å²) in [5, 5.41) is 15.7. The molecular formula is C32H35N3O2. The summed E-state index contributed by atoms with van der Waals surface area (Å²) in [6.45, 7) is 1.89. The van der Waals surface area contributed by atoms with Gasteiger partial charge in [-0.05, 0) is 54.3 Å². The van der Waals surface area contributed by atoms with Gasteiger partial charge in [-0.3, -0.25) is 9.69 Å². The van der Waals surface area contributed by atoms with E-state index in [1.807, 2.05) is 36.4 Å². The van der Waals surface area contributed by atoms with Crippen LogP contribution in [0.5, 0.6) is 5.75 Å². The fourth-order valence-electron chi connectivity index (χ4n) is 6.33. The van der Waals surface area contributed by atoms with Crippen LogP contribution < -0.4 is 5.32 Å². The molecular weight excluding hydrogens is 458 g/mol. The zero-order chi connectivity index (χ0) is 25.2. The Kier molecular flexibility index (Phi) is 6.71. The molecule has 190 valence electrons. The lowest BCUT2D eigenvalue weighted by Crippen LogP contribution is -2.38. The highest BCUT2D eigenvalue weighted by atomic mass is 16.3. The number of carbonyl (C=O) groups excluding carboxylic acids is 1. The Morgan fingerprint density at radius 1 is 0.919 bits per heavy atom. The number of likely N-dealkylation sites (tertiary alicyclic amines) is 1. The molecule has 2 aliphatic rings. The molecule has 37 heavy (non-hydrogen) atoms. The zero-order valence-electron chi connectivity index (χ0n) is 21.2. The van der Waals surface area contributed by atoms with Gasteiger partial charge in [0.1, 0.15) is 5.75 Å². The van der Waals surface area contributed by atoms with Gasteiger partial charge in [0.05, 0.1) is 11.6 Å². The molecule has 0 radical (unpaired) electrons. The summed E-state index contributed by atoms with van der Waals surface area (Å²) in [5.74, 6) is 0.572. The number of benzene rings is 3. The van der Waals surface area contributed by atoms with Crippen molar-refractivity contribution in [2.24, 2.45) is 5.92 Å². The first-order valence-electron chi connectivity index (χ1n) is 13.7. The molecule has 0 unspecified atom stereocenters. The summed E-state index contributed by atoms with van der Waals surface area (Å²) in [5.41, 5.74) is 3.86. The summed E-state index contributed by atoms with van der Waals surface area (Å²) in [6, 6.07) is 26.3. The maximum atomic E-state index is 13.3. The minimum atomic E-state index is -0.206. The number of phenols is 1. The van der Waals surface area contributed by atoms with Crippen molar-refractivity contribution in [1.82, 2.24) is 15.2 Å². The van der Waals surface area contributed by atoms with Crippen LogP contribution in [0.2, 0.25) is 0 Å². The molecule has 5 nitrogen and oxygen atoms in total. The second kappa shape index (κ2) is 10.4. The number of nitrogens with one attached hydrogen (secondary N) is 2. The number of H-pyrrole nitrogens is 1. The van der Waals surface area contributed by atoms with Gasteiger partial charge in [0.2, 0.25) is 0 Å². The Labute approximate surface area is 218 Å². The highest BCUT2D eigenvalue weighted by Crippen LogP contribution is 2.36. The van der Waals surface area contributed by atoms with Crippen LogP contribution in [-0.4, -0.2) is 40.0 Å². The maximum Gasteiger partial charge on any atom is 0.255 e. The average molecular weight is 494 g/mol. The van der Waals surface area contributed by atoms with E-state index in [4.69, 9.17) is 0 Å². The fraction of sp³-hybridized carbons (Fsp3) is 0.344. The van der Waals surface area contributed by atoms with Gasteiger partial charge in [0.25, 0.3) is 5.91 Å². The Balaban J connectivity index is 1.22. The minimum Gasteiger partial charge on any atom is -0.506 e. The number of phenolic OH excluding ortho intramolecular Hbond substituents is 1. The van der Waals surface area contributed by atoms with Crippen LogP contribution >= 0.6 is 0 Å². The van der Waals surface area contributed by atoms with Gasteiger partial charge < -0.3 is 15.4 Å². The van der Waals surface area contributed by atoms with Crippen LogP contribution in [0.25, 0.3) is 22.0 Å². The summed E-state index contributed by atoms with van der Waals surface area (Å²) in [4.78, 5) is 19.5. The van der Waals surface area contributed by atoms with E-state index < -0.39 is 0 Å². The lowest BCUT2D eigenvalue weighted by molar-refractivity contribution is 0.0934. The number of fused-ring (bicyclic) bond motifs is 1. The van der Waals surface area contributed by atoms with Crippen molar-refractivity contribution >= 4 is 16.7 Å². The number of aromatic nitrogens is 1. The van der Waals surface area contributed by atoms with Gasteiger partial charge in [0, 0.05) is 35.9 Å². The van der Waals surface area contributed by atoms with Crippen molar-refractivity contribution in [1.29, 1.82) is 0 Å². The summed E-state index contributed by atoms with van der Waals surface area (Å²) < 4.78 is 0. The van der Waals surface area contributed by atoms with E-state index in [2.05, 4.69) is 51.6 Å². The zero-order valence-corrected chi connectivity index (χ0v) is 21.2. The molecule has 1 saturated carbocycles. The SMILES string of the molecule is O=C(N[C@H]1C[C@@H](c2ccc(-c3ccccc3)[nH]2)N(CC2CCCCC2)C1)c1ccc2ccccc2c1O. The molecule has 0 bridgehead atoms. The van der Waals surface area contributed by atoms with Crippen molar-refractivity contribution in [3.05, 3.63) is 90.1 Å². The first-order valence-corrected chi connectivity index (χ1v) is 13.7. The molecule has 2 fully saturated rings. The molecule has 1 aliphatic heterocycles. The average Bonchev–Trinajstić information content (AvgIpc) is 3.57. The number of hydrogen-bond donors (Lipinski definition) is 3. The van der Waals surface area contributed by atoms with Gasteiger partial charge in [-0.1, -0.05) is 79.9 Å². The highest BCUT2D eigenvalue weighted by molar-refractivity contribution is 6.03. The third kappa shape index (κ3) is 5.01. The van der Waals surface area contributed by atoms with E-state index >= 15 is 0 Å². The Hall–Kier alpha value is -3.57. The predicted octanol–water partition coefficient (Wildman–Crippen LogP) is 6.67. The number of aromatic amines is 1. The molecule has 1 amide bonds. The maximum absolute atomic E-state index is 13.3. The Morgan fingerprint density at radius 3 is 2.54 bits per heavy atom. The molecule has 3 aromatic carbocycles. The van der Waals surface area contributed by atoms with Gasteiger partial charge in [-0.15, -0.1) is 0 Å². The summed E-state index contributed by atoms with van der Waals surface area (Å²) >= 11 is 0. The van der Waals surface area contributed by atoms with Crippen molar-refractivity contribution < 1.29 is 9.90 Å². The predicted molar refractivity (Wildman–Crippen MR) is 149 cm³/mol. The number of amides is 1.